The van der Waals surface area contributed by atoms with Crippen LogP contribution in [0.1, 0.15) is 22.3 Å². The predicted octanol–water partition coefficient (Wildman–Crippen LogP) is 5.03. The van der Waals surface area contributed by atoms with Gasteiger partial charge >= 0.3 is 0 Å². The molecule has 4 aromatic carbocycles. The second-order valence-corrected chi connectivity index (χ2v) is 8.21. The van der Waals surface area contributed by atoms with Gasteiger partial charge in [-0.25, -0.2) is 4.99 Å². The Morgan fingerprint density at radius 2 is 1.46 bits per heavy atom. The molecule has 0 saturated carbocycles. The number of aliphatic imine (C=N–C) groups is 1. The van der Waals surface area contributed by atoms with Gasteiger partial charge in [0.05, 0.1) is 4.92 Å². The zero-order chi connectivity index (χ0) is 24.3. The molecule has 0 unspecified atom stereocenters. The monoisotopic (exact) mass is 462 g/mol. The highest BCUT2D eigenvalue weighted by Crippen LogP contribution is 2.37. The first-order valence-corrected chi connectivity index (χ1v) is 11.2. The number of benzene rings is 4. The summed E-state index contributed by atoms with van der Waals surface area (Å²) in [6.45, 7) is 0.509. The van der Waals surface area contributed by atoms with Crippen molar-refractivity contribution < 1.29 is 9.72 Å². The van der Waals surface area contributed by atoms with Gasteiger partial charge in [-0.15, -0.1) is 0 Å². The fraction of sp³-hybridized carbons (Fsp3) is 0.0714. The van der Waals surface area contributed by atoms with Gasteiger partial charge in [0.1, 0.15) is 5.84 Å². The average Bonchev–Trinajstić information content (AvgIpc) is 3.27. The molecule has 7 nitrogen and oxygen atoms in total. The summed E-state index contributed by atoms with van der Waals surface area (Å²) in [5.41, 5.74) is 3.05. The molecular formula is C28H22N4O3. The van der Waals surface area contributed by atoms with Gasteiger partial charge in [-0.1, -0.05) is 78.9 Å². The van der Waals surface area contributed by atoms with Gasteiger partial charge < -0.3 is 10.6 Å². The number of non-ortho nitro benzene ring substituents is 1. The molecule has 4 aromatic rings. The van der Waals surface area contributed by atoms with Crippen molar-refractivity contribution in [3.8, 4) is 0 Å². The van der Waals surface area contributed by atoms with Crippen LogP contribution in [0.15, 0.2) is 114 Å². The van der Waals surface area contributed by atoms with Crippen LogP contribution in [0.4, 0.5) is 11.4 Å². The number of amidine groups is 1. The van der Waals surface area contributed by atoms with E-state index in [1.165, 1.54) is 12.1 Å². The third kappa shape index (κ3) is 4.27. The van der Waals surface area contributed by atoms with Crippen molar-refractivity contribution in [2.45, 2.75) is 12.1 Å². The molecule has 0 aliphatic carbocycles. The summed E-state index contributed by atoms with van der Waals surface area (Å²) in [5, 5.41) is 17.1. The first-order chi connectivity index (χ1) is 17.1. The Kier molecular flexibility index (Phi) is 5.81. The molecule has 0 atom stereocenters. The summed E-state index contributed by atoms with van der Waals surface area (Å²) in [6, 6.07) is 33.2. The van der Waals surface area contributed by atoms with Crippen LogP contribution in [0, 0.1) is 10.1 Å². The Bertz CT molecular complexity index is 1360. The molecule has 0 fully saturated rings. The van der Waals surface area contributed by atoms with Gasteiger partial charge in [0.15, 0.2) is 5.54 Å². The minimum Gasteiger partial charge on any atom is -0.381 e. The highest BCUT2D eigenvalue weighted by Gasteiger charge is 2.46. The van der Waals surface area contributed by atoms with Gasteiger partial charge in [0.25, 0.3) is 11.6 Å². The van der Waals surface area contributed by atoms with E-state index in [4.69, 9.17) is 4.99 Å². The van der Waals surface area contributed by atoms with Gasteiger partial charge in [-0.2, -0.15) is 0 Å². The lowest BCUT2D eigenvalue weighted by Crippen LogP contribution is -2.38. The number of hydrogen-bond donors (Lipinski definition) is 2. The smallest absolute Gasteiger partial charge is 0.269 e. The first-order valence-electron chi connectivity index (χ1n) is 11.2. The van der Waals surface area contributed by atoms with Crippen molar-refractivity contribution in [3.63, 3.8) is 0 Å². The first kappa shape index (κ1) is 22.0. The molecule has 0 saturated heterocycles. The van der Waals surface area contributed by atoms with E-state index in [1.54, 1.807) is 12.1 Å². The van der Waals surface area contributed by atoms with Crippen LogP contribution < -0.4 is 10.6 Å². The molecule has 35 heavy (non-hydrogen) atoms. The largest absolute Gasteiger partial charge is 0.381 e. The van der Waals surface area contributed by atoms with Crippen LogP contribution in [-0.2, 0) is 16.9 Å². The third-order valence-corrected chi connectivity index (χ3v) is 6.00. The van der Waals surface area contributed by atoms with E-state index in [0.717, 1.165) is 27.9 Å². The van der Waals surface area contributed by atoms with E-state index in [0.29, 0.717) is 12.4 Å². The fourth-order valence-corrected chi connectivity index (χ4v) is 4.23. The molecule has 0 spiro atoms. The summed E-state index contributed by atoms with van der Waals surface area (Å²) in [7, 11) is 0. The molecule has 1 amide bonds. The number of nitro groups is 1. The van der Waals surface area contributed by atoms with Crippen LogP contribution in [0.2, 0.25) is 0 Å². The minimum absolute atomic E-state index is 0.0489. The lowest BCUT2D eigenvalue weighted by Gasteiger charge is -2.24. The molecule has 5 rings (SSSR count). The van der Waals surface area contributed by atoms with Gasteiger partial charge in [-0.05, 0) is 34.9 Å². The van der Waals surface area contributed by atoms with Crippen molar-refractivity contribution >= 4 is 23.1 Å². The Morgan fingerprint density at radius 3 is 2.06 bits per heavy atom. The van der Waals surface area contributed by atoms with E-state index in [9.17, 15) is 14.9 Å². The Labute approximate surface area is 202 Å². The zero-order valence-electron chi connectivity index (χ0n) is 18.7. The zero-order valence-corrected chi connectivity index (χ0v) is 18.7. The van der Waals surface area contributed by atoms with Gasteiger partial charge in [-0.3, -0.25) is 14.9 Å². The van der Waals surface area contributed by atoms with Crippen molar-refractivity contribution in [3.05, 3.63) is 142 Å². The molecule has 0 aromatic heterocycles. The summed E-state index contributed by atoms with van der Waals surface area (Å²) in [4.78, 5) is 28.9. The second kappa shape index (κ2) is 9.23. The maximum Gasteiger partial charge on any atom is 0.269 e. The molecule has 1 heterocycles. The van der Waals surface area contributed by atoms with Crippen molar-refractivity contribution in [1.29, 1.82) is 0 Å². The lowest BCUT2D eigenvalue weighted by atomic mass is 9.83. The maximum atomic E-state index is 13.5. The molecule has 2 N–H and O–H groups in total. The Balaban J connectivity index is 1.44. The van der Waals surface area contributed by atoms with Gasteiger partial charge in [0.2, 0.25) is 0 Å². The highest BCUT2D eigenvalue weighted by atomic mass is 16.6. The average molecular weight is 463 g/mol. The van der Waals surface area contributed by atoms with Crippen LogP contribution in [0.25, 0.3) is 0 Å². The number of nitrogens with zero attached hydrogens (tertiary/aromatic N) is 2. The number of nitro benzene ring substituents is 1. The Morgan fingerprint density at radius 1 is 0.829 bits per heavy atom. The molecular weight excluding hydrogens is 440 g/mol. The van der Waals surface area contributed by atoms with Crippen LogP contribution in [-0.4, -0.2) is 16.7 Å². The number of carbonyl (C=O) groups is 1. The minimum atomic E-state index is -1.16. The summed E-state index contributed by atoms with van der Waals surface area (Å²) < 4.78 is 0. The Hall–Kier alpha value is -4.78. The number of hydrogen-bond acceptors (Lipinski definition) is 5. The van der Waals surface area contributed by atoms with E-state index in [-0.39, 0.29) is 11.6 Å². The summed E-state index contributed by atoms with van der Waals surface area (Å²) in [6.07, 6.45) is 0. The summed E-state index contributed by atoms with van der Waals surface area (Å²) >= 11 is 0. The van der Waals surface area contributed by atoms with E-state index >= 15 is 0 Å². The van der Waals surface area contributed by atoms with E-state index in [2.05, 4.69) is 10.6 Å². The molecule has 1 aliphatic heterocycles. The van der Waals surface area contributed by atoms with Crippen molar-refractivity contribution in [1.82, 2.24) is 5.32 Å². The van der Waals surface area contributed by atoms with E-state index in [1.807, 2.05) is 84.9 Å². The van der Waals surface area contributed by atoms with Crippen LogP contribution in [0.3, 0.4) is 0 Å². The second-order valence-electron chi connectivity index (χ2n) is 8.21. The van der Waals surface area contributed by atoms with Crippen molar-refractivity contribution in [2.75, 3.05) is 5.32 Å². The fourth-order valence-electron chi connectivity index (χ4n) is 4.23. The number of rotatable bonds is 7. The number of nitrogens with one attached hydrogen (secondary N) is 2. The van der Waals surface area contributed by atoms with E-state index < -0.39 is 10.5 Å². The quantitative estimate of drug-likeness (QED) is 0.297. The maximum absolute atomic E-state index is 13.5. The predicted molar refractivity (Wildman–Crippen MR) is 135 cm³/mol. The van der Waals surface area contributed by atoms with Crippen LogP contribution >= 0.6 is 0 Å². The van der Waals surface area contributed by atoms with Gasteiger partial charge in [0, 0.05) is 29.9 Å². The number of amides is 1. The SMILES string of the molecule is O=C1NC(c2cccc(CNc3ccc([N+](=O)[O-])cc3)c2)=NC1(c1ccccc1)c1ccccc1. The highest BCUT2D eigenvalue weighted by molar-refractivity contribution is 6.16. The molecule has 1 aliphatic rings. The standard InChI is InChI=1S/C28H22N4O3/c33-27-28(22-10-3-1-4-11-22,23-12-5-2-6-13-23)31-26(30-27)21-9-7-8-20(18-21)19-29-24-14-16-25(17-15-24)32(34)35/h1-18,29H,19H2,(H,30,31,33). The molecule has 0 radical (unpaired) electrons. The normalized spacial score (nSPS) is 14.2. The molecule has 7 heteroatoms. The molecule has 0 bridgehead atoms. The van der Waals surface area contributed by atoms with Crippen LogP contribution in [0.5, 0.6) is 0 Å². The van der Waals surface area contributed by atoms with Crippen molar-refractivity contribution in [2.24, 2.45) is 4.99 Å². The number of anilines is 1. The summed E-state index contributed by atoms with van der Waals surface area (Å²) in [5.74, 6) is 0.319. The molecule has 172 valence electrons. The lowest BCUT2D eigenvalue weighted by molar-refractivity contribution is -0.384. The third-order valence-electron chi connectivity index (χ3n) is 6.00. The topological polar surface area (TPSA) is 96.6 Å². The number of carbonyl (C=O) groups excluding carboxylic acids is 1.